The van der Waals surface area contributed by atoms with Crippen molar-refractivity contribution in [2.24, 2.45) is 0 Å². The third-order valence-corrected chi connectivity index (χ3v) is 6.56. The summed E-state index contributed by atoms with van der Waals surface area (Å²) < 4.78 is 6.26. The van der Waals surface area contributed by atoms with Gasteiger partial charge in [0.1, 0.15) is 11.4 Å². The predicted octanol–water partition coefficient (Wildman–Crippen LogP) is 4.40. The smallest absolute Gasteiger partial charge is 0.274 e. The minimum absolute atomic E-state index is 0.153. The molecule has 0 saturated carbocycles. The van der Waals surface area contributed by atoms with Crippen molar-refractivity contribution in [1.82, 2.24) is 24.8 Å². The van der Waals surface area contributed by atoms with E-state index in [2.05, 4.69) is 14.9 Å². The fourth-order valence-electron chi connectivity index (χ4n) is 4.69. The molecule has 1 amide bonds. The molecule has 0 N–H and O–H groups in total. The highest BCUT2D eigenvalue weighted by atomic mass is 16.5. The molecule has 2 aromatic carbocycles. The second-order valence-electron chi connectivity index (χ2n) is 8.94. The molecule has 0 unspecified atom stereocenters. The molecule has 6 rings (SSSR count). The molecule has 2 aliphatic rings. The van der Waals surface area contributed by atoms with Crippen LogP contribution in [0.1, 0.15) is 41.0 Å². The van der Waals surface area contributed by atoms with Gasteiger partial charge in [-0.3, -0.25) is 9.78 Å². The Bertz CT molecular complexity index is 1370. The molecule has 2 aliphatic heterocycles. The van der Waals surface area contributed by atoms with Crippen LogP contribution >= 0.6 is 0 Å². The Hall–Kier alpha value is -4.07. The van der Waals surface area contributed by atoms with E-state index in [-0.39, 0.29) is 5.91 Å². The van der Waals surface area contributed by atoms with Crippen molar-refractivity contribution in [1.29, 1.82) is 0 Å². The first-order valence-corrected chi connectivity index (χ1v) is 12.1. The van der Waals surface area contributed by atoms with Crippen LogP contribution in [0.3, 0.4) is 0 Å². The Kier molecular flexibility index (Phi) is 5.70. The number of nitrogens with zero attached hydrogens (tertiary/aromatic N) is 6. The van der Waals surface area contributed by atoms with Crippen molar-refractivity contribution in [2.45, 2.75) is 32.2 Å². The number of hydrogen-bond acceptors (Lipinski definition) is 7. The van der Waals surface area contributed by atoms with Gasteiger partial charge in [-0.05, 0) is 43.5 Å². The average molecular weight is 467 g/mol. The fourth-order valence-corrected chi connectivity index (χ4v) is 4.69. The van der Waals surface area contributed by atoms with Crippen LogP contribution in [0, 0.1) is 0 Å². The predicted molar refractivity (Wildman–Crippen MR) is 133 cm³/mol. The van der Waals surface area contributed by atoms with Crippen molar-refractivity contribution >= 4 is 22.9 Å². The highest BCUT2D eigenvalue weighted by Gasteiger charge is 2.29. The van der Waals surface area contributed by atoms with Crippen molar-refractivity contribution in [3.05, 3.63) is 77.7 Å². The zero-order valence-corrected chi connectivity index (χ0v) is 19.4. The molecule has 4 aromatic rings. The highest BCUT2D eigenvalue weighted by Crippen LogP contribution is 2.32. The average Bonchev–Trinajstić information content (AvgIpc) is 2.93. The van der Waals surface area contributed by atoms with Gasteiger partial charge in [-0.2, -0.15) is 4.98 Å². The van der Waals surface area contributed by atoms with Crippen LogP contribution in [0.2, 0.25) is 0 Å². The number of piperidine rings is 1. The molecule has 4 heterocycles. The van der Waals surface area contributed by atoms with Gasteiger partial charge in [-0.25, -0.2) is 9.97 Å². The van der Waals surface area contributed by atoms with Gasteiger partial charge in [0.05, 0.1) is 35.0 Å². The van der Waals surface area contributed by atoms with E-state index in [0.717, 1.165) is 48.7 Å². The number of amides is 1. The summed E-state index contributed by atoms with van der Waals surface area (Å²) in [6, 6.07) is 17.2. The zero-order chi connectivity index (χ0) is 23.6. The quantitative estimate of drug-likeness (QED) is 0.441. The minimum atomic E-state index is -0.153. The lowest BCUT2D eigenvalue weighted by Gasteiger charge is -2.31. The molecule has 35 heavy (non-hydrogen) atoms. The maximum absolute atomic E-state index is 13.4. The molecule has 0 atom stereocenters. The number of fused-ring (bicyclic) bond motifs is 2. The van der Waals surface area contributed by atoms with Crippen LogP contribution in [0.4, 0.5) is 5.95 Å². The summed E-state index contributed by atoms with van der Waals surface area (Å²) in [5.74, 6) is 1.79. The molecular formula is C27H26N6O2. The van der Waals surface area contributed by atoms with Crippen molar-refractivity contribution in [2.75, 3.05) is 24.5 Å². The standard InChI is InChI=1S/C27H26N6O2/c34-26(24-17-28-22-11-5-6-12-23(22)29-24)33-16-13-21-20(18-33)25(35-19-9-3-1-4-10-19)31-27(30-21)32-14-7-2-8-15-32/h1,3-6,9-12,17H,2,7-8,13-16,18H2. The normalized spacial score (nSPS) is 15.7. The zero-order valence-electron chi connectivity index (χ0n) is 19.4. The fraction of sp³-hybridized carbons (Fsp3) is 0.296. The second kappa shape index (κ2) is 9.29. The minimum Gasteiger partial charge on any atom is -0.438 e. The topological polar surface area (TPSA) is 84.3 Å². The third-order valence-electron chi connectivity index (χ3n) is 6.56. The lowest BCUT2D eigenvalue weighted by atomic mass is 10.1. The molecule has 176 valence electrons. The van der Waals surface area contributed by atoms with Crippen LogP contribution in [0.15, 0.2) is 60.8 Å². The Labute approximate surface area is 203 Å². The second-order valence-corrected chi connectivity index (χ2v) is 8.94. The first kappa shape index (κ1) is 21.5. The van der Waals surface area contributed by atoms with Gasteiger partial charge in [-0.15, -0.1) is 0 Å². The largest absolute Gasteiger partial charge is 0.438 e. The SMILES string of the molecule is O=C(c1cnc2ccccc2n1)N1CCc2nc(N3CCCCC3)nc(Oc3ccccc3)c2C1. The molecule has 1 fully saturated rings. The van der Waals surface area contributed by atoms with Gasteiger partial charge in [0, 0.05) is 26.1 Å². The van der Waals surface area contributed by atoms with E-state index >= 15 is 0 Å². The summed E-state index contributed by atoms with van der Waals surface area (Å²) in [6.45, 7) is 2.83. The van der Waals surface area contributed by atoms with Gasteiger partial charge >= 0.3 is 0 Å². The maximum atomic E-state index is 13.4. The Balaban J connectivity index is 1.33. The van der Waals surface area contributed by atoms with Crippen molar-refractivity contribution in [3.63, 3.8) is 0 Å². The van der Waals surface area contributed by atoms with E-state index in [1.54, 1.807) is 11.1 Å². The van der Waals surface area contributed by atoms with E-state index in [1.165, 1.54) is 6.42 Å². The lowest BCUT2D eigenvalue weighted by Crippen LogP contribution is -2.38. The monoisotopic (exact) mass is 466 g/mol. The van der Waals surface area contributed by atoms with Crippen LogP contribution in [-0.2, 0) is 13.0 Å². The van der Waals surface area contributed by atoms with Gasteiger partial charge in [0.25, 0.3) is 5.91 Å². The number of aromatic nitrogens is 4. The number of benzene rings is 2. The third kappa shape index (κ3) is 4.39. The van der Waals surface area contributed by atoms with Crippen LogP contribution < -0.4 is 9.64 Å². The maximum Gasteiger partial charge on any atom is 0.274 e. The molecule has 0 spiro atoms. The van der Waals surface area contributed by atoms with E-state index in [9.17, 15) is 4.79 Å². The van der Waals surface area contributed by atoms with Crippen LogP contribution in [-0.4, -0.2) is 50.4 Å². The first-order valence-electron chi connectivity index (χ1n) is 12.1. The molecule has 8 nitrogen and oxygen atoms in total. The first-order chi connectivity index (χ1) is 17.2. The van der Waals surface area contributed by atoms with E-state index in [4.69, 9.17) is 14.7 Å². The van der Waals surface area contributed by atoms with Gasteiger partial charge in [0.15, 0.2) is 0 Å². The number of hydrogen-bond donors (Lipinski definition) is 0. The number of anilines is 1. The summed E-state index contributed by atoms with van der Waals surface area (Å²) in [5.41, 5.74) is 3.61. The molecule has 0 bridgehead atoms. The van der Waals surface area contributed by atoms with Crippen molar-refractivity contribution < 1.29 is 9.53 Å². The van der Waals surface area contributed by atoms with E-state index < -0.39 is 0 Å². The molecule has 0 radical (unpaired) electrons. The van der Waals surface area contributed by atoms with Crippen molar-refractivity contribution in [3.8, 4) is 11.6 Å². The number of carbonyl (C=O) groups excluding carboxylic acids is 1. The van der Waals surface area contributed by atoms with E-state index in [0.29, 0.717) is 42.4 Å². The van der Waals surface area contributed by atoms with Gasteiger partial charge in [-0.1, -0.05) is 30.3 Å². The van der Waals surface area contributed by atoms with Gasteiger partial charge in [0.2, 0.25) is 11.8 Å². The lowest BCUT2D eigenvalue weighted by molar-refractivity contribution is 0.0726. The van der Waals surface area contributed by atoms with Gasteiger partial charge < -0.3 is 14.5 Å². The number of ether oxygens (including phenoxy) is 1. The summed E-state index contributed by atoms with van der Waals surface area (Å²) in [4.78, 5) is 36.1. The molecule has 8 heteroatoms. The Morgan fingerprint density at radius 1 is 0.829 bits per heavy atom. The summed E-state index contributed by atoms with van der Waals surface area (Å²) in [7, 11) is 0. The molecule has 1 saturated heterocycles. The molecule has 0 aliphatic carbocycles. The number of rotatable bonds is 4. The highest BCUT2D eigenvalue weighted by molar-refractivity contribution is 5.94. The number of para-hydroxylation sites is 3. The Morgan fingerprint density at radius 2 is 1.60 bits per heavy atom. The number of carbonyl (C=O) groups is 1. The van der Waals surface area contributed by atoms with E-state index in [1.807, 2.05) is 54.6 Å². The summed E-state index contributed by atoms with van der Waals surface area (Å²) >= 11 is 0. The summed E-state index contributed by atoms with van der Waals surface area (Å²) in [6.07, 6.45) is 5.71. The Morgan fingerprint density at radius 3 is 2.43 bits per heavy atom. The summed E-state index contributed by atoms with van der Waals surface area (Å²) in [5, 5.41) is 0. The molecule has 2 aromatic heterocycles. The van der Waals surface area contributed by atoms with Crippen LogP contribution in [0.25, 0.3) is 11.0 Å². The van der Waals surface area contributed by atoms with Crippen LogP contribution in [0.5, 0.6) is 11.6 Å². The molecular weight excluding hydrogens is 440 g/mol.